The second-order valence-electron chi connectivity index (χ2n) is 6.45. The Kier molecular flexibility index (Phi) is 8.99. The van der Waals surface area contributed by atoms with Crippen LogP contribution in [0.3, 0.4) is 0 Å². The molecule has 0 amide bonds. The lowest BCUT2D eigenvalue weighted by Gasteiger charge is -2.21. The second-order valence-corrected chi connectivity index (χ2v) is 6.45. The molecule has 0 fully saturated rings. The topological polar surface area (TPSA) is 111 Å². The van der Waals surface area contributed by atoms with Gasteiger partial charge in [0.1, 0.15) is 30.1 Å². The molecular weight excluding hydrogens is 390 g/mol. The van der Waals surface area contributed by atoms with Gasteiger partial charge in [-0.1, -0.05) is 24.3 Å². The van der Waals surface area contributed by atoms with Gasteiger partial charge in [0.2, 0.25) is 0 Å². The van der Waals surface area contributed by atoms with Crippen LogP contribution in [0.25, 0.3) is 0 Å². The van der Waals surface area contributed by atoms with Gasteiger partial charge in [0.05, 0.1) is 20.6 Å². The Morgan fingerprint density at radius 2 is 1.67 bits per heavy atom. The Labute approximate surface area is 174 Å². The minimum atomic E-state index is -1.09. The molecule has 0 spiro atoms. The first-order chi connectivity index (χ1) is 14.5. The second kappa shape index (κ2) is 11.7. The van der Waals surface area contributed by atoms with E-state index in [1.165, 1.54) is 7.11 Å². The maximum atomic E-state index is 12.2. The number of rotatable bonds is 11. The lowest BCUT2D eigenvalue weighted by Crippen LogP contribution is -2.41. The third-order valence-corrected chi connectivity index (χ3v) is 4.34. The largest absolute Gasteiger partial charge is 0.497 e. The number of aldehydes is 1. The van der Waals surface area contributed by atoms with Gasteiger partial charge in [0, 0.05) is 6.42 Å². The molecule has 2 rings (SSSR count). The van der Waals surface area contributed by atoms with Crippen molar-refractivity contribution in [2.24, 2.45) is 0 Å². The van der Waals surface area contributed by atoms with E-state index in [0.717, 1.165) is 5.56 Å². The highest BCUT2D eigenvalue weighted by Crippen LogP contribution is 2.18. The van der Waals surface area contributed by atoms with E-state index in [1.54, 1.807) is 55.6 Å². The Morgan fingerprint density at radius 1 is 1.03 bits per heavy atom. The van der Waals surface area contributed by atoms with Crippen molar-refractivity contribution in [3.63, 3.8) is 0 Å². The van der Waals surface area contributed by atoms with E-state index in [9.17, 15) is 19.5 Å². The fraction of sp³-hybridized carbons (Fsp3) is 0.318. The van der Waals surface area contributed by atoms with E-state index < -0.39 is 24.2 Å². The summed E-state index contributed by atoms with van der Waals surface area (Å²) in [6.07, 6.45) is -0.0507. The lowest BCUT2D eigenvalue weighted by molar-refractivity contribution is -0.144. The Balaban J connectivity index is 2.02. The molecule has 2 aromatic rings. The quantitative estimate of drug-likeness (QED) is 0.248. The van der Waals surface area contributed by atoms with Crippen LogP contribution in [0.4, 0.5) is 0 Å². The zero-order valence-electron chi connectivity index (χ0n) is 16.9. The molecule has 0 aliphatic carbocycles. The van der Waals surface area contributed by atoms with Crippen molar-refractivity contribution in [2.75, 3.05) is 14.2 Å². The Hall–Kier alpha value is -3.23. The number of carbonyl (C=O) groups excluding carboxylic acids is 3. The predicted molar refractivity (Wildman–Crippen MR) is 108 cm³/mol. The first-order valence-electron chi connectivity index (χ1n) is 9.36. The molecule has 160 valence electrons. The van der Waals surface area contributed by atoms with Crippen LogP contribution in [0.5, 0.6) is 11.5 Å². The number of aliphatic hydroxyl groups excluding tert-OH is 1. The van der Waals surface area contributed by atoms with Gasteiger partial charge in [0.25, 0.3) is 0 Å². The summed E-state index contributed by atoms with van der Waals surface area (Å²) < 4.78 is 15.1. The molecule has 2 N–H and O–H groups in total. The van der Waals surface area contributed by atoms with Gasteiger partial charge in [-0.15, -0.1) is 0 Å². The predicted octanol–water partition coefficient (Wildman–Crippen LogP) is 1.94. The van der Waals surface area contributed by atoms with Gasteiger partial charge < -0.3 is 24.1 Å². The highest BCUT2D eigenvalue weighted by molar-refractivity contribution is 5.76. The molecule has 0 saturated carbocycles. The standard InChI is InChI=1S/C22H25NO7/c1-28-17-11-7-16(8-12-17)21(26)23-19(22(27)29-2)14-15-5-9-18(10-6-15)30-20(25)4-3-13-24/h5-13,19,21,23,26H,3-4,14H2,1-2H3. The number of hydrogen-bond donors (Lipinski definition) is 2. The third kappa shape index (κ3) is 6.98. The van der Waals surface area contributed by atoms with Gasteiger partial charge in [0.15, 0.2) is 0 Å². The molecular formula is C22H25NO7. The first kappa shape index (κ1) is 23.1. The molecule has 0 aliphatic heterocycles. The number of nitrogens with one attached hydrogen (secondary N) is 1. The molecule has 0 aromatic heterocycles. The normalized spacial score (nSPS) is 12.5. The van der Waals surface area contributed by atoms with Crippen LogP contribution in [-0.4, -0.2) is 43.6 Å². The van der Waals surface area contributed by atoms with Gasteiger partial charge in [-0.2, -0.15) is 0 Å². The van der Waals surface area contributed by atoms with E-state index in [0.29, 0.717) is 23.3 Å². The van der Waals surface area contributed by atoms with Crippen molar-refractivity contribution in [1.29, 1.82) is 0 Å². The number of methoxy groups -OCH3 is 2. The monoisotopic (exact) mass is 415 g/mol. The van der Waals surface area contributed by atoms with Gasteiger partial charge in [-0.3, -0.25) is 14.9 Å². The third-order valence-electron chi connectivity index (χ3n) is 4.34. The zero-order chi connectivity index (χ0) is 21.9. The van der Waals surface area contributed by atoms with E-state index in [2.05, 4.69) is 5.32 Å². The molecule has 2 atom stereocenters. The molecule has 2 aromatic carbocycles. The van der Waals surface area contributed by atoms with Crippen LogP contribution in [0.15, 0.2) is 48.5 Å². The summed E-state index contributed by atoms with van der Waals surface area (Å²) >= 11 is 0. The highest BCUT2D eigenvalue weighted by Gasteiger charge is 2.23. The number of carbonyl (C=O) groups is 3. The molecule has 0 aliphatic rings. The summed E-state index contributed by atoms with van der Waals surface area (Å²) in [5, 5.41) is 13.3. The molecule has 30 heavy (non-hydrogen) atoms. The van der Waals surface area contributed by atoms with Crippen LogP contribution in [-0.2, 0) is 25.5 Å². The number of ether oxygens (including phenoxy) is 3. The molecule has 8 heteroatoms. The van der Waals surface area contributed by atoms with E-state index in [1.807, 2.05) is 0 Å². The summed E-state index contributed by atoms with van der Waals surface area (Å²) in [6.45, 7) is 0. The van der Waals surface area contributed by atoms with Gasteiger partial charge >= 0.3 is 11.9 Å². The summed E-state index contributed by atoms with van der Waals surface area (Å²) in [7, 11) is 2.83. The smallest absolute Gasteiger partial charge is 0.323 e. The van der Waals surface area contributed by atoms with Crippen LogP contribution in [0, 0.1) is 0 Å². The maximum Gasteiger partial charge on any atom is 0.323 e. The number of benzene rings is 2. The minimum Gasteiger partial charge on any atom is -0.497 e. The lowest BCUT2D eigenvalue weighted by atomic mass is 10.0. The first-order valence-corrected chi connectivity index (χ1v) is 9.36. The fourth-order valence-corrected chi connectivity index (χ4v) is 2.71. The van der Waals surface area contributed by atoms with Crippen molar-refractivity contribution >= 4 is 18.2 Å². The Morgan fingerprint density at radius 3 is 2.23 bits per heavy atom. The molecule has 2 unspecified atom stereocenters. The molecule has 0 bridgehead atoms. The van der Waals surface area contributed by atoms with Gasteiger partial charge in [-0.05, 0) is 41.8 Å². The molecule has 0 radical (unpaired) electrons. The number of hydrogen-bond acceptors (Lipinski definition) is 8. The van der Waals surface area contributed by atoms with Crippen LogP contribution >= 0.6 is 0 Å². The van der Waals surface area contributed by atoms with E-state index >= 15 is 0 Å². The fourth-order valence-electron chi connectivity index (χ4n) is 2.71. The highest BCUT2D eigenvalue weighted by atomic mass is 16.5. The van der Waals surface area contributed by atoms with Crippen molar-refractivity contribution in [1.82, 2.24) is 5.32 Å². The van der Waals surface area contributed by atoms with Crippen molar-refractivity contribution in [3.8, 4) is 11.5 Å². The zero-order valence-corrected chi connectivity index (χ0v) is 16.9. The van der Waals surface area contributed by atoms with Crippen LogP contribution < -0.4 is 14.8 Å². The average molecular weight is 415 g/mol. The van der Waals surface area contributed by atoms with Crippen molar-refractivity contribution in [3.05, 3.63) is 59.7 Å². The summed E-state index contributed by atoms with van der Waals surface area (Å²) in [5.41, 5.74) is 1.34. The summed E-state index contributed by atoms with van der Waals surface area (Å²) in [5.74, 6) is -0.0172. The molecule has 0 saturated heterocycles. The Bertz CT molecular complexity index is 834. The van der Waals surface area contributed by atoms with E-state index in [4.69, 9.17) is 14.2 Å². The van der Waals surface area contributed by atoms with Gasteiger partial charge in [-0.25, -0.2) is 0 Å². The SMILES string of the molecule is COC(=O)C(Cc1ccc(OC(=O)CCC=O)cc1)NC(O)c1ccc(OC)cc1. The van der Waals surface area contributed by atoms with Crippen molar-refractivity contribution in [2.45, 2.75) is 31.5 Å². The van der Waals surface area contributed by atoms with Crippen LogP contribution in [0.1, 0.15) is 30.2 Å². The minimum absolute atomic E-state index is 0.0167. The summed E-state index contributed by atoms with van der Waals surface area (Å²) in [6, 6.07) is 12.6. The molecule has 8 nitrogen and oxygen atoms in total. The summed E-state index contributed by atoms with van der Waals surface area (Å²) in [4.78, 5) is 34.1. The number of esters is 2. The maximum absolute atomic E-state index is 12.2. The average Bonchev–Trinajstić information content (AvgIpc) is 2.77. The number of aliphatic hydroxyl groups is 1. The molecule has 0 heterocycles. The van der Waals surface area contributed by atoms with E-state index in [-0.39, 0.29) is 19.3 Å². The van der Waals surface area contributed by atoms with Crippen molar-refractivity contribution < 1.29 is 33.7 Å². The van der Waals surface area contributed by atoms with Crippen LogP contribution in [0.2, 0.25) is 0 Å².